The van der Waals surface area contributed by atoms with Crippen molar-refractivity contribution >= 4 is 11.6 Å². The number of nitrogen functional groups attached to an aromatic ring is 1. The molecule has 0 aliphatic carbocycles. The van der Waals surface area contributed by atoms with E-state index in [0.29, 0.717) is 17.3 Å². The van der Waals surface area contributed by atoms with E-state index in [0.717, 1.165) is 25.0 Å². The highest BCUT2D eigenvalue weighted by Crippen LogP contribution is 2.17. The highest BCUT2D eigenvalue weighted by atomic mass is 16.2. The van der Waals surface area contributed by atoms with Gasteiger partial charge in [-0.1, -0.05) is 33.6 Å². The molecule has 20 heavy (non-hydrogen) atoms. The van der Waals surface area contributed by atoms with Gasteiger partial charge in [-0.05, 0) is 25.7 Å². The van der Waals surface area contributed by atoms with E-state index in [9.17, 15) is 4.79 Å². The normalized spacial score (nSPS) is 12.7. The van der Waals surface area contributed by atoms with Crippen LogP contribution in [-0.4, -0.2) is 21.7 Å². The third kappa shape index (κ3) is 4.25. The van der Waals surface area contributed by atoms with Crippen LogP contribution in [0, 0.1) is 5.92 Å². The molecule has 3 N–H and O–H groups in total. The molecule has 1 amide bonds. The number of nitrogens with one attached hydrogen (secondary N) is 1. The SMILES string of the molecule is CCc1nn(C)c(C(=O)NC(C)CCCC(C)C)c1N. The third-order valence-corrected chi connectivity index (χ3v) is 3.51. The molecular weight excluding hydrogens is 252 g/mol. The van der Waals surface area contributed by atoms with Gasteiger partial charge in [0.25, 0.3) is 5.91 Å². The summed E-state index contributed by atoms with van der Waals surface area (Å²) in [5.41, 5.74) is 7.74. The van der Waals surface area contributed by atoms with Gasteiger partial charge in [-0.15, -0.1) is 0 Å². The van der Waals surface area contributed by atoms with Gasteiger partial charge < -0.3 is 11.1 Å². The van der Waals surface area contributed by atoms with Gasteiger partial charge in [0.1, 0.15) is 5.69 Å². The second kappa shape index (κ2) is 7.31. The van der Waals surface area contributed by atoms with Gasteiger partial charge in [0.05, 0.1) is 11.4 Å². The molecule has 0 radical (unpaired) electrons. The second-order valence-corrected chi connectivity index (χ2v) is 5.89. The molecule has 0 spiro atoms. The van der Waals surface area contributed by atoms with Crippen molar-refractivity contribution in [3.05, 3.63) is 11.4 Å². The predicted octanol–water partition coefficient (Wildman–Crippen LogP) is 2.51. The molecule has 5 heteroatoms. The third-order valence-electron chi connectivity index (χ3n) is 3.51. The lowest BCUT2D eigenvalue weighted by atomic mass is 10.0. The van der Waals surface area contributed by atoms with Crippen LogP contribution in [0.25, 0.3) is 0 Å². The van der Waals surface area contributed by atoms with Crippen molar-refractivity contribution in [2.75, 3.05) is 5.73 Å². The van der Waals surface area contributed by atoms with Gasteiger partial charge in [0.2, 0.25) is 0 Å². The number of hydrogen-bond acceptors (Lipinski definition) is 3. The lowest BCUT2D eigenvalue weighted by molar-refractivity contribution is 0.0929. The van der Waals surface area contributed by atoms with Crippen LogP contribution >= 0.6 is 0 Å². The van der Waals surface area contributed by atoms with E-state index in [2.05, 4.69) is 24.3 Å². The van der Waals surface area contributed by atoms with Crippen LogP contribution in [0.3, 0.4) is 0 Å². The van der Waals surface area contributed by atoms with Gasteiger partial charge >= 0.3 is 0 Å². The van der Waals surface area contributed by atoms with Gasteiger partial charge in [0.15, 0.2) is 0 Å². The zero-order valence-electron chi connectivity index (χ0n) is 13.4. The quantitative estimate of drug-likeness (QED) is 0.806. The number of carbonyl (C=O) groups excluding carboxylic acids is 1. The first-order valence-electron chi connectivity index (χ1n) is 7.49. The summed E-state index contributed by atoms with van der Waals surface area (Å²) in [6, 6.07) is 0.153. The highest BCUT2D eigenvalue weighted by Gasteiger charge is 2.20. The number of nitrogens with two attached hydrogens (primary N) is 1. The molecule has 1 aromatic heterocycles. The molecule has 0 fully saturated rings. The monoisotopic (exact) mass is 280 g/mol. The molecule has 1 unspecified atom stereocenters. The summed E-state index contributed by atoms with van der Waals surface area (Å²) in [5, 5.41) is 7.28. The predicted molar refractivity (Wildman–Crippen MR) is 82.6 cm³/mol. The fourth-order valence-electron chi connectivity index (χ4n) is 2.32. The molecule has 1 heterocycles. The smallest absolute Gasteiger partial charge is 0.271 e. The lowest BCUT2D eigenvalue weighted by Crippen LogP contribution is -2.34. The largest absolute Gasteiger partial charge is 0.395 e. The minimum atomic E-state index is -0.130. The molecule has 0 saturated heterocycles. The zero-order chi connectivity index (χ0) is 15.3. The van der Waals surface area contributed by atoms with Crippen LogP contribution < -0.4 is 11.1 Å². The molecule has 114 valence electrons. The molecule has 0 aliphatic heterocycles. The Morgan fingerprint density at radius 1 is 1.35 bits per heavy atom. The van der Waals surface area contributed by atoms with Crippen LogP contribution in [0.4, 0.5) is 5.69 Å². The molecular formula is C15H28N4O. The number of nitrogens with zero attached hydrogens (tertiary/aromatic N) is 2. The Morgan fingerprint density at radius 2 is 2.00 bits per heavy atom. The Hall–Kier alpha value is -1.52. The summed E-state index contributed by atoms with van der Waals surface area (Å²) < 4.78 is 1.57. The Bertz CT molecular complexity index is 451. The maximum atomic E-state index is 12.3. The second-order valence-electron chi connectivity index (χ2n) is 5.89. The highest BCUT2D eigenvalue weighted by molar-refractivity contribution is 5.98. The summed E-state index contributed by atoms with van der Waals surface area (Å²) in [4.78, 5) is 12.3. The molecule has 5 nitrogen and oxygen atoms in total. The Labute approximate surface area is 121 Å². The first-order valence-corrected chi connectivity index (χ1v) is 7.49. The lowest BCUT2D eigenvalue weighted by Gasteiger charge is -2.14. The number of anilines is 1. The first-order chi connectivity index (χ1) is 9.36. The maximum Gasteiger partial charge on any atom is 0.271 e. The van der Waals surface area contributed by atoms with Gasteiger partial charge in [-0.25, -0.2) is 0 Å². The van der Waals surface area contributed by atoms with E-state index in [1.807, 2.05) is 13.8 Å². The number of carbonyl (C=O) groups is 1. The van der Waals surface area contributed by atoms with Crippen molar-refractivity contribution in [1.82, 2.24) is 15.1 Å². The van der Waals surface area contributed by atoms with Crippen molar-refractivity contribution in [2.45, 2.75) is 59.4 Å². The molecule has 0 saturated carbocycles. The zero-order valence-corrected chi connectivity index (χ0v) is 13.4. The summed E-state index contributed by atoms with van der Waals surface area (Å²) >= 11 is 0. The van der Waals surface area contributed by atoms with Crippen LogP contribution in [0.5, 0.6) is 0 Å². The van der Waals surface area contributed by atoms with Crippen molar-refractivity contribution in [3.8, 4) is 0 Å². The summed E-state index contributed by atoms with van der Waals surface area (Å²) in [7, 11) is 1.76. The number of hydrogen-bond donors (Lipinski definition) is 2. The fourth-order valence-corrected chi connectivity index (χ4v) is 2.32. The van der Waals surface area contributed by atoms with E-state index in [1.165, 1.54) is 6.42 Å². The molecule has 0 aliphatic rings. The van der Waals surface area contributed by atoms with Crippen molar-refractivity contribution in [1.29, 1.82) is 0 Å². The summed E-state index contributed by atoms with van der Waals surface area (Å²) in [6.45, 7) is 8.44. The van der Waals surface area contributed by atoms with Crippen molar-refractivity contribution < 1.29 is 4.79 Å². The van der Waals surface area contributed by atoms with E-state index in [1.54, 1.807) is 11.7 Å². The molecule has 1 aromatic rings. The molecule has 1 rings (SSSR count). The van der Waals surface area contributed by atoms with Crippen LogP contribution in [0.1, 0.15) is 63.1 Å². The fraction of sp³-hybridized carbons (Fsp3) is 0.733. The van der Waals surface area contributed by atoms with Crippen LogP contribution in [-0.2, 0) is 13.5 Å². The Morgan fingerprint density at radius 3 is 2.50 bits per heavy atom. The minimum Gasteiger partial charge on any atom is -0.395 e. The number of rotatable bonds is 7. The van der Waals surface area contributed by atoms with Crippen molar-refractivity contribution in [2.24, 2.45) is 13.0 Å². The molecule has 0 bridgehead atoms. The van der Waals surface area contributed by atoms with E-state index >= 15 is 0 Å². The first kappa shape index (κ1) is 16.5. The minimum absolute atomic E-state index is 0.130. The van der Waals surface area contributed by atoms with E-state index in [-0.39, 0.29) is 11.9 Å². The number of amides is 1. The topological polar surface area (TPSA) is 72.9 Å². The van der Waals surface area contributed by atoms with Crippen LogP contribution in [0.2, 0.25) is 0 Å². The number of aromatic nitrogens is 2. The average Bonchev–Trinajstić information content (AvgIpc) is 2.63. The van der Waals surface area contributed by atoms with Crippen molar-refractivity contribution in [3.63, 3.8) is 0 Å². The molecule has 0 aromatic carbocycles. The maximum absolute atomic E-state index is 12.3. The summed E-state index contributed by atoms with van der Waals surface area (Å²) in [6.07, 6.45) is 4.04. The van der Waals surface area contributed by atoms with Gasteiger partial charge in [-0.2, -0.15) is 5.10 Å². The Kier molecular flexibility index (Phi) is 6.05. The van der Waals surface area contributed by atoms with E-state index in [4.69, 9.17) is 5.73 Å². The average molecular weight is 280 g/mol. The summed E-state index contributed by atoms with van der Waals surface area (Å²) in [5.74, 6) is 0.576. The Balaban J connectivity index is 2.60. The molecule has 1 atom stereocenters. The standard InChI is InChI=1S/C15H28N4O/c1-6-12-13(16)14(19(5)18-12)15(20)17-11(4)9-7-8-10(2)3/h10-11H,6-9,16H2,1-5H3,(H,17,20). The number of aryl methyl sites for hydroxylation is 2. The van der Waals surface area contributed by atoms with Crippen LogP contribution in [0.15, 0.2) is 0 Å². The van der Waals surface area contributed by atoms with Gasteiger partial charge in [-0.3, -0.25) is 9.48 Å². The van der Waals surface area contributed by atoms with E-state index < -0.39 is 0 Å². The van der Waals surface area contributed by atoms with Gasteiger partial charge in [0, 0.05) is 13.1 Å².